The Morgan fingerprint density at radius 1 is 1.25 bits per heavy atom. The van der Waals surface area contributed by atoms with E-state index < -0.39 is 11.7 Å². The van der Waals surface area contributed by atoms with E-state index in [0.717, 1.165) is 37.7 Å². The predicted octanol–water partition coefficient (Wildman–Crippen LogP) is 0.681. The highest BCUT2D eigenvalue weighted by atomic mass is 32.1. The normalized spacial score (nSPS) is 16.2. The maximum atomic E-state index is 11.4. The molecule has 0 aromatic heterocycles. The molecule has 1 rings (SSSR count). The number of amides is 1. The first kappa shape index (κ1) is 17.0. The third kappa shape index (κ3) is 7.49. The first-order valence-electron chi connectivity index (χ1n) is 7.09. The minimum atomic E-state index is -0.466. The Kier molecular flexibility index (Phi) is 7.01. The highest BCUT2D eigenvalue weighted by molar-refractivity contribution is 7.80. The van der Waals surface area contributed by atoms with Crippen LogP contribution in [0, 0.1) is 0 Å². The lowest BCUT2D eigenvalue weighted by Crippen LogP contribution is -2.44. The fourth-order valence-corrected chi connectivity index (χ4v) is 2.09. The van der Waals surface area contributed by atoms with Crippen LogP contribution in [-0.4, -0.2) is 61.0 Å². The van der Waals surface area contributed by atoms with Crippen molar-refractivity contribution < 1.29 is 9.53 Å². The summed E-state index contributed by atoms with van der Waals surface area (Å²) >= 11 is 5.34. The van der Waals surface area contributed by atoms with Crippen LogP contribution in [0.3, 0.4) is 0 Å². The van der Waals surface area contributed by atoms with Gasteiger partial charge in [-0.05, 0) is 46.0 Å². The molecule has 0 unspecified atom stereocenters. The van der Waals surface area contributed by atoms with Gasteiger partial charge in [-0.25, -0.2) is 4.79 Å². The summed E-state index contributed by atoms with van der Waals surface area (Å²) in [4.78, 5) is 13.6. The SMILES string of the molecule is CC(C)(C)OC(=O)NCCNC(=S)N1CCCNCC1. The summed E-state index contributed by atoms with van der Waals surface area (Å²) in [7, 11) is 0. The summed E-state index contributed by atoms with van der Waals surface area (Å²) in [5.74, 6) is 0. The van der Waals surface area contributed by atoms with Gasteiger partial charge in [-0.3, -0.25) is 0 Å². The molecule has 1 aliphatic rings. The van der Waals surface area contributed by atoms with Crippen molar-refractivity contribution in [1.29, 1.82) is 0 Å². The highest BCUT2D eigenvalue weighted by Gasteiger charge is 2.15. The van der Waals surface area contributed by atoms with Crippen molar-refractivity contribution >= 4 is 23.4 Å². The first-order chi connectivity index (χ1) is 9.38. The molecule has 6 nitrogen and oxygen atoms in total. The van der Waals surface area contributed by atoms with Gasteiger partial charge in [-0.2, -0.15) is 0 Å². The minimum absolute atomic E-state index is 0.399. The maximum absolute atomic E-state index is 11.4. The average molecular weight is 302 g/mol. The van der Waals surface area contributed by atoms with Crippen molar-refractivity contribution in [2.75, 3.05) is 39.3 Å². The van der Waals surface area contributed by atoms with E-state index in [1.165, 1.54) is 0 Å². The third-order valence-corrected chi connectivity index (χ3v) is 3.10. The largest absolute Gasteiger partial charge is 0.444 e. The second kappa shape index (κ2) is 8.26. The summed E-state index contributed by atoms with van der Waals surface area (Å²) in [6.45, 7) is 10.5. The van der Waals surface area contributed by atoms with Gasteiger partial charge in [0.25, 0.3) is 0 Å². The number of nitrogens with one attached hydrogen (secondary N) is 3. The van der Waals surface area contributed by atoms with E-state index in [4.69, 9.17) is 17.0 Å². The predicted molar refractivity (Wildman–Crippen MR) is 83.9 cm³/mol. The number of alkyl carbamates (subject to hydrolysis) is 1. The fourth-order valence-electron chi connectivity index (χ4n) is 1.81. The Bertz CT molecular complexity index is 323. The Balaban J connectivity index is 2.14. The Morgan fingerprint density at radius 3 is 2.65 bits per heavy atom. The lowest BCUT2D eigenvalue weighted by Gasteiger charge is -2.24. The van der Waals surface area contributed by atoms with E-state index >= 15 is 0 Å². The van der Waals surface area contributed by atoms with Gasteiger partial charge in [0.05, 0.1) is 0 Å². The van der Waals surface area contributed by atoms with Gasteiger partial charge in [-0.15, -0.1) is 0 Å². The van der Waals surface area contributed by atoms with E-state index in [2.05, 4.69) is 20.9 Å². The number of thiocarbonyl (C=S) groups is 1. The molecular weight excluding hydrogens is 276 g/mol. The fraction of sp³-hybridized carbons (Fsp3) is 0.846. The standard InChI is InChI=1S/C13H26N4O2S/c1-13(2,3)19-12(18)16-7-6-15-11(20)17-9-4-5-14-8-10-17/h14H,4-10H2,1-3H3,(H,15,20)(H,16,18). The van der Waals surface area contributed by atoms with Gasteiger partial charge in [0.15, 0.2) is 5.11 Å². The molecule has 1 aliphatic heterocycles. The van der Waals surface area contributed by atoms with Crippen LogP contribution in [-0.2, 0) is 4.74 Å². The van der Waals surface area contributed by atoms with Gasteiger partial charge >= 0.3 is 6.09 Å². The van der Waals surface area contributed by atoms with Gasteiger partial charge in [0.2, 0.25) is 0 Å². The van der Waals surface area contributed by atoms with E-state index in [1.807, 2.05) is 20.8 Å². The van der Waals surface area contributed by atoms with Crippen LogP contribution in [0.1, 0.15) is 27.2 Å². The van der Waals surface area contributed by atoms with Gasteiger partial charge in [0, 0.05) is 32.7 Å². The van der Waals surface area contributed by atoms with Crippen molar-refractivity contribution in [1.82, 2.24) is 20.9 Å². The molecule has 1 heterocycles. The number of hydrogen-bond donors (Lipinski definition) is 3. The molecule has 0 atom stereocenters. The van der Waals surface area contributed by atoms with Crippen LogP contribution in [0.25, 0.3) is 0 Å². The number of ether oxygens (including phenoxy) is 1. The molecule has 0 aliphatic carbocycles. The molecule has 1 amide bonds. The number of nitrogens with zero attached hydrogens (tertiary/aromatic N) is 1. The van der Waals surface area contributed by atoms with Crippen LogP contribution in [0.2, 0.25) is 0 Å². The zero-order chi connectivity index (χ0) is 15.0. The quantitative estimate of drug-likeness (QED) is 0.526. The van der Waals surface area contributed by atoms with E-state index in [0.29, 0.717) is 13.1 Å². The smallest absolute Gasteiger partial charge is 0.407 e. The van der Waals surface area contributed by atoms with Crippen LogP contribution < -0.4 is 16.0 Å². The molecule has 0 aromatic carbocycles. The number of hydrogen-bond acceptors (Lipinski definition) is 4. The third-order valence-electron chi connectivity index (χ3n) is 2.70. The van der Waals surface area contributed by atoms with Gasteiger partial charge in [-0.1, -0.05) is 0 Å². The van der Waals surface area contributed by atoms with Gasteiger partial charge < -0.3 is 25.6 Å². The Labute approximate surface area is 126 Å². The van der Waals surface area contributed by atoms with Crippen molar-refractivity contribution in [3.05, 3.63) is 0 Å². The molecule has 0 aromatic rings. The topological polar surface area (TPSA) is 65.6 Å². The maximum Gasteiger partial charge on any atom is 0.407 e. The van der Waals surface area contributed by atoms with Crippen LogP contribution in [0.15, 0.2) is 0 Å². The van der Waals surface area contributed by atoms with Crippen molar-refractivity contribution in [3.63, 3.8) is 0 Å². The molecule has 3 N–H and O–H groups in total. The van der Waals surface area contributed by atoms with Crippen LogP contribution in [0.4, 0.5) is 4.79 Å². The molecule has 116 valence electrons. The molecule has 1 saturated heterocycles. The molecular formula is C13H26N4O2S. The number of carbonyl (C=O) groups is 1. The molecule has 7 heteroatoms. The molecule has 0 bridgehead atoms. The zero-order valence-corrected chi connectivity index (χ0v) is 13.4. The molecule has 0 spiro atoms. The van der Waals surface area contributed by atoms with Crippen molar-refractivity contribution in [3.8, 4) is 0 Å². The van der Waals surface area contributed by atoms with Crippen molar-refractivity contribution in [2.45, 2.75) is 32.8 Å². The lowest BCUT2D eigenvalue weighted by atomic mass is 10.2. The van der Waals surface area contributed by atoms with Crippen molar-refractivity contribution in [2.24, 2.45) is 0 Å². The van der Waals surface area contributed by atoms with E-state index in [1.54, 1.807) is 0 Å². The second-order valence-electron chi connectivity index (χ2n) is 5.75. The number of rotatable bonds is 3. The summed E-state index contributed by atoms with van der Waals surface area (Å²) in [6.07, 6.45) is 0.696. The zero-order valence-electron chi connectivity index (χ0n) is 12.6. The monoisotopic (exact) mass is 302 g/mol. The van der Waals surface area contributed by atoms with Gasteiger partial charge in [0.1, 0.15) is 5.60 Å². The van der Waals surface area contributed by atoms with Crippen LogP contribution >= 0.6 is 12.2 Å². The minimum Gasteiger partial charge on any atom is -0.444 e. The summed E-state index contributed by atoms with van der Waals surface area (Å²) < 4.78 is 5.15. The second-order valence-corrected chi connectivity index (χ2v) is 6.14. The van der Waals surface area contributed by atoms with E-state index in [-0.39, 0.29) is 0 Å². The molecule has 0 radical (unpaired) electrons. The molecule has 1 fully saturated rings. The summed E-state index contributed by atoms with van der Waals surface area (Å²) in [5, 5.41) is 9.94. The average Bonchev–Trinajstić information content (AvgIpc) is 2.61. The molecule has 20 heavy (non-hydrogen) atoms. The lowest BCUT2D eigenvalue weighted by molar-refractivity contribution is 0.0529. The number of carbonyl (C=O) groups excluding carboxylic acids is 1. The Morgan fingerprint density at radius 2 is 1.95 bits per heavy atom. The molecule has 0 saturated carbocycles. The summed E-state index contributed by atoms with van der Waals surface area (Å²) in [6, 6.07) is 0. The highest BCUT2D eigenvalue weighted by Crippen LogP contribution is 2.05. The Hall–Kier alpha value is -1.08. The van der Waals surface area contributed by atoms with Crippen LogP contribution in [0.5, 0.6) is 0 Å². The summed E-state index contributed by atoms with van der Waals surface area (Å²) in [5.41, 5.74) is -0.466. The first-order valence-corrected chi connectivity index (χ1v) is 7.50. The van der Waals surface area contributed by atoms with E-state index in [9.17, 15) is 4.79 Å².